The molecule has 0 N–H and O–H groups in total. The Bertz CT molecular complexity index is 496. The summed E-state index contributed by atoms with van der Waals surface area (Å²) in [4.78, 5) is 10.9. The molecular weight excluding hydrogens is 262 g/mol. The van der Waals surface area contributed by atoms with Crippen molar-refractivity contribution in [2.24, 2.45) is 0 Å². The largest absolute Gasteiger partial charge is 0.279 e. The highest BCUT2D eigenvalue weighted by atomic mass is 35.5. The molecule has 17 heavy (non-hydrogen) atoms. The third-order valence-electron chi connectivity index (χ3n) is 2.29. The summed E-state index contributed by atoms with van der Waals surface area (Å²) in [6, 6.07) is 6.88. The Labute approximate surface area is 106 Å². The van der Waals surface area contributed by atoms with E-state index in [1.54, 1.807) is 24.3 Å². The van der Waals surface area contributed by atoms with E-state index < -0.39 is 15.3 Å². The first kappa shape index (κ1) is 14.0. The molecule has 0 aromatic heterocycles. The lowest BCUT2D eigenvalue weighted by atomic mass is 10.2. The summed E-state index contributed by atoms with van der Waals surface area (Å²) >= 11 is 5.27. The van der Waals surface area contributed by atoms with Crippen LogP contribution in [-0.4, -0.2) is 26.0 Å². The van der Waals surface area contributed by atoms with Gasteiger partial charge in [-0.1, -0.05) is 17.7 Å². The maximum atomic E-state index is 11.8. The molecule has 0 spiro atoms. The average Bonchev–Trinajstić information content (AvgIpc) is 2.27. The first-order valence-corrected chi connectivity index (χ1v) is 7.11. The van der Waals surface area contributed by atoms with E-state index in [9.17, 15) is 13.2 Å². The maximum absolute atomic E-state index is 11.8. The van der Waals surface area contributed by atoms with E-state index in [2.05, 4.69) is 0 Å². The topological polar surface area (TPSA) is 54.5 Å². The highest BCUT2D eigenvalue weighted by Crippen LogP contribution is 2.19. The average molecular weight is 276 g/mol. The highest BCUT2D eigenvalue weighted by molar-refractivity contribution is 7.92. The van der Waals surface area contributed by atoms with Gasteiger partial charge < -0.3 is 0 Å². The smallest absolute Gasteiger partial charge is 0.242 e. The molecule has 1 aromatic rings. The van der Waals surface area contributed by atoms with Crippen LogP contribution in [0.2, 0.25) is 0 Å². The molecular formula is C11H14ClNO3S. The molecule has 1 aromatic carbocycles. The van der Waals surface area contributed by atoms with E-state index >= 15 is 0 Å². The third kappa shape index (κ3) is 3.71. The van der Waals surface area contributed by atoms with Crippen molar-refractivity contribution in [1.29, 1.82) is 0 Å². The Morgan fingerprint density at radius 1 is 1.29 bits per heavy atom. The number of anilines is 1. The summed E-state index contributed by atoms with van der Waals surface area (Å²) in [5.74, 6) is -0.0783. The second kappa shape index (κ2) is 5.51. The van der Waals surface area contributed by atoms with Gasteiger partial charge in [0.15, 0.2) is 0 Å². The molecule has 0 radical (unpaired) electrons. The Morgan fingerprint density at radius 3 is 2.24 bits per heavy atom. The van der Waals surface area contributed by atoms with E-state index in [1.807, 2.05) is 6.92 Å². The van der Waals surface area contributed by atoms with Crippen LogP contribution >= 0.6 is 11.6 Å². The van der Waals surface area contributed by atoms with E-state index in [0.717, 1.165) is 9.87 Å². The number of halogens is 1. The molecule has 0 fully saturated rings. The Morgan fingerprint density at radius 2 is 1.82 bits per heavy atom. The van der Waals surface area contributed by atoms with Crippen LogP contribution in [0, 0.1) is 6.92 Å². The third-order valence-corrected chi connectivity index (χ3v) is 4.15. The van der Waals surface area contributed by atoms with Crippen LogP contribution in [0.15, 0.2) is 24.3 Å². The summed E-state index contributed by atoms with van der Waals surface area (Å²) in [6.07, 6.45) is 0. The number of nitrogens with zero attached hydrogens (tertiary/aromatic N) is 1. The minimum atomic E-state index is -3.49. The van der Waals surface area contributed by atoms with Gasteiger partial charge in [-0.05, 0) is 37.6 Å². The Balaban J connectivity index is 3.15. The predicted molar refractivity (Wildman–Crippen MR) is 68.8 cm³/mol. The van der Waals surface area contributed by atoms with Crippen molar-refractivity contribution in [3.05, 3.63) is 29.8 Å². The minimum Gasteiger partial charge on any atom is -0.279 e. The molecule has 0 heterocycles. The van der Waals surface area contributed by atoms with Crippen LogP contribution in [-0.2, 0) is 14.8 Å². The first-order valence-electron chi connectivity index (χ1n) is 5.12. The van der Waals surface area contributed by atoms with Gasteiger partial charge in [0, 0.05) is 0 Å². The molecule has 0 bridgehead atoms. The molecule has 0 aliphatic heterocycles. The number of hydrogen-bond donors (Lipinski definition) is 0. The van der Waals surface area contributed by atoms with E-state index in [1.165, 1.54) is 6.92 Å². The molecule has 94 valence electrons. The fourth-order valence-corrected chi connectivity index (χ4v) is 2.59. The lowest BCUT2D eigenvalue weighted by molar-refractivity contribution is -0.110. The zero-order chi connectivity index (χ0) is 13.1. The van der Waals surface area contributed by atoms with Gasteiger partial charge in [-0.3, -0.25) is 9.10 Å². The fourth-order valence-electron chi connectivity index (χ4n) is 1.33. The molecule has 0 atom stereocenters. The highest BCUT2D eigenvalue weighted by Gasteiger charge is 2.22. The molecule has 1 rings (SSSR count). The standard InChI is InChI=1S/C11H14ClNO3S/c1-3-17(15,16)13(8-11(12)14)10-6-4-9(2)5-7-10/h4-7H,3,8H2,1-2H3. The molecule has 0 amide bonds. The zero-order valence-corrected chi connectivity index (χ0v) is 11.3. The zero-order valence-electron chi connectivity index (χ0n) is 9.68. The summed E-state index contributed by atoms with van der Waals surface area (Å²) < 4.78 is 24.7. The van der Waals surface area contributed by atoms with Crippen LogP contribution in [0.25, 0.3) is 0 Å². The molecule has 6 heteroatoms. The van der Waals surface area contributed by atoms with Gasteiger partial charge in [0.2, 0.25) is 15.3 Å². The summed E-state index contributed by atoms with van der Waals surface area (Å²) in [5.41, 5.74) is 1.46. The lowest BCUT2D eigenvalue weighted by Crippen LogP contribution is -2.35. The fraction of sp³-hybridized carbons (Fsp3) is 0.364. The normalized spacial score (nSPS) is 11.2. The van der Waals surface area contributed by atoms with Crippen molar-refractivity contribution in [3.8, 4) is 0 Å². The van der Waals surface area contributed by atoms with Gasteiger partial charge in [0.1, 0.15) is 6.54 Å². The number of carbonyl (C=O) groups excluding carboxylic acids is 1. The van der Waals surface area contributed by atoms with Crippen molar-refractivity contribution in [1.82, 2.24) is 0 Å². The van der Waals surface area contributed by atoms with Gasteiger partial charge in [-0.25, -0.2) is 8.42 Å². The number of benzene rings is 1. The minimum absolute atomic E-state index is 0.0783. The molecule has 0 unspecified atom stereocenters. The van der Waals surface area contributed by atoms with Crippen LogP contribution < -0.4 is 4.31 Å². The maximum Gasteiger partial charge on any atom is 0.242 e. The second-order valence-electron chi connectivity index (χ2n) is 3.60. The van der Waals surface area contributed by atoms with Crippen molar-refractivity contribution < 1.29 is 13.2 Å². The van der Waals surface area contributed by atoms with Crippen molar-refractivity contribution in [2.45, 2.75) is 13.8 Å². The van der Waals surface area contributed by atoms with Gasteiger partial charge >= 0.3 is 0 Å². The predicted octanol–water partition coefficient (Wildman–Crippen LogP) is 1.92. The van der Waals surface area contributed by atoms with Gasteiger partial charge in [0.05, 0.1) is 11.4 Å². The van der Waals surface area contributed by atoms with Crippen molar-refractivity contribution in [2.75, 3.05) is 16.6 Å². The van der Waals surface area contributed by atoms with Gasteiger partial charge in [-0.2, -0.15) is 0 Å². The van der Waals surface area contributed by atoms with Crippen LogP contribution in [0.1, 0.15) is 12.5 Å². The van der Waals surface area contributed by atoms with Gasteiger partial charge in [0.25, 0.3) is 0 Å². The first-order chi connectivity index (χ1) is 7.86. The van der Waals surface area contributed by atoms with Crippen LogP contribution in [0.4, 0.5) is 5.69 Å². The van der Waals surface area contributed by atoms with E-state index in [4.69, 9.17) is 11.6 Å². The second-order valence-corrected chi connectivity index (χ2v) is 6.20. The van der Waals surface area contributed by atoms with Crippen molar-refractivity contribution in [3.63, 3.8) is 0 Å². The van der Waals surface area contributed by atoms with E-state index in [-0.39, 0.29) is 12.3 Å². The summed E-state index contributed by atoms with van der Waals surface area (Å²) in [5, 5.41) is -0.706. The molecule has 0 saturated carbocycles. The number of sulfonamides is 1. The Kier molecular flexibility index (Phi) is 4.54. The van der Waals surface area contributed by atoms with Crippen LogP contribution in [0.3, 0.4) is 0 Å². The number of aryl methyl sites for hydroxylation is 1. The van der Waals surface area contributed by atoms with Crippen molar-refractivity contribution >= 4 is 32.6 Å². The number of carbonyl (C=O) groups is 1. The number of rotatable bonds is 5. The van der Waals surface area contributed by atoms with Gasteiger partial charge in [-0.15, -0.1) is 0 Å². The molecule has 0 saturated heterocycles. The Hall–Kier alpha value is -1.07. The van der Waals surface area contributed by atoms with Crippen LogP contribution in [0.5, 0.6) is 0 Å². The van der Waals surface area contributed by atoms with E-state index in [0.29, 0.717) is 5.69 Å². The summed E-state index contributed by atoms with van der Waals surface area (Å²) in [6.45, 7) is 3.07. The SMILES string of the molecule is CCS(=O)(=O)N(CC(=O)Cl)c1ccc(C)cc1. The molecule has 0 aliphatic carbocycles. The quantitative estimate of drug-likeness (QED) is 0.772. The number of hydrogen-bond acceptors (Lipinski definition) is 3. The molecule has 4 nitrogen and oxygen atoms in total. The monoisotopic (exact) mass is 275 g/mol. The summed E-state index contributed by atoms with van der Waals surface area (Å²) in [7, 11) is -3.49. The lowest BCUT2D eigenvalue weighted by Gasteiger charge is -2.22. The molecule has 0 aliphatic rings.